The maximum absolute atomic E-state index is 12.0. The van der Waals surface area contributed by atoms with Gasteiger partial charge in [0.15, 0.2) is 18.3 Å². The van der Waals surface area contributed by atoms with Gasteiger partial charge in [0.1, 0.15) is 18.8 Å². The molecule has 0 radical (unpaired) electrons. The molecule has 0 saturated carbocycles. The highest BCUT2D eigenvalue weighted by atomic mass is 16.7. The highest BCUT2D eigenvalue weighted by molar-refractivity contribution is 6.62. The van der Waals surface area contributed by atoms with Crippen LogP contribution >= 0.6 is 0 Å². The first-order valence-corrected chi connectivity index (χ1v) is 12.8. The molecule has 214 valence electrons. The van der Waals surface area contributed by atoms with Gasteiger partial charge in [0.05, 0.1) is 11.2 Å². The first-order valence-electron chi connectivity index (χ1n) is 12.8. The van der Waals surface area contributed by atoms with Crippen LogP contribution in [0.2, 0.25) is 0 Å². The lowest BCUT2D eigenvalue weighted by Gasteiger charge is -2.44. The number of hydrogen-bond donors (Lipinski definition) is 0. The lowest BCUT2D eigenvalue weighted by atomic mass is 9.78. The molecule has 11 nitrogen and oxygen atoms in total. The second kappa shape index (κ2) is 12.1. The molecule has 3 rings (SSSR count). The summed E-state index contributed by atoms with van der Waals surface area (Å²) >= 11 is 0. The van der Waals surface area contributed by atoms with Crippen LogP contribution in [0.1, 0.15) is 61.0 Å². The Morgan fingerprint density at radius 1 is 0.718 bits per heavy atom. The van der Waals surface area contributed by atoms with E-state index in [9.17, 15) is 19.2 Å². The molecule has 0 aliphatic carbocycles. The van der Waals surface area contributed by atoms with Gasteiger partial charge >= 0.3 is 31.0 Å². The molecule has 2 fully saturated rings. The maximum Gasteiger partial charge on any atom is 0.494 e. The van der Waals surface area contributed by atoms with Crippen LogP contribution in [0.3, 0.4) is 0 Å². The van der Waals surface area contributed by atoms with Crippen molar-refractivity contribution in [1.82, 2.24) is 0 Å². The Morgan fingerprint density at radius 3 is 1.64 bits per heavy atom. The molecule has 39 heavy (non-hydrogen) atoms. The van der Waals surface area contributed by atoms with Crippen molar-refractivity contribution in [3.05, 3.63) is 29.8 Å². The molecule has 12 heteroatoms. The molecule has 0 aromatic heterocycles. The first kappa shape index (κ1) is 30.6. The van der Waals surface area contributed by atoms with Gasteiger partial charge in [0.25, 0.3) is 0 Å². The van der Waals surface area contributed by atoms with E-state index in [2.05, 4.69) is 0 Å². The third-order valence-electron chi connectivity index (χ3n) is 7.03. The molecule has 1 aromatic rings. The predicted octanol–water partition coefficient (Wildman–Crippen LogP) is 1.65. The van der Waals surface area contributed by atoms with Crippen LogP contribution in [0.15, 0.2) is 24.3 Å². The van der Waals surface area contributed by atoms with Crippen LogP contribution in [0.25, 0.3) is 0 Å². The third-order valence-corrected chi connectivity index (χ3v) is 7.03. The van der Waals surface area contributed by atoms with Crippen LogP contribution < -0.4 is 5.46 Å². The zero-order valence-corrected chi connectivity index (χ0v) is 23.7. The topological polar surface area (TPSA) is 133 Å². The summed E-state index contributed by atoms with van der Waals surface area (Å²) < 4.78 is 40.0. The van der Waals surface area contributed by atoms with E-state index in [0.717, 1.165) is 11.0 Å². The minimum Gasteiger partial charge on any atom is -0.463 e. The Kier molecular flexibility index (Phi) is 9.45. The van der Waals surface area contributed by atoms with Crippen LogP contribution in [-0.2, 0) is 58.6 Å². The molecule has 2 heterocycles. The molecule has 2 aliphatic rings. The number of ether oxygens (including phenoxy) is 5. The molecule has 0 amide bonds. The monoisotopic (exact) mass is 548 g/mol. The van der Waals surface area contributed by atoms with Gasteiger partial charge < -0.3 is 33.0 Å². The number of carbonyl (C=O) groups is 4. The molecule has 2 saturated heterocycles. The van der Waals surface area contributed by atoms with Crippen molar-refractivity contribution in [3.63, 3.8) is 0 Å². The van der Waals surface area contributed by atoms with Crippen molar-refractivity contribution >= 4 is 36.5 Å². The van der Waals surface area contributed by atoms with Gasteiger partial charge in [-0.3, -0.25) is 19.2 Å². The summed E-state index contributed by atoms with van der Waals surface area (Å²) in [4.78, 5) is 47.5. The summed E-state index contributed by atoms with van der Waals surface area (Å²) in [5.74, 6) is -2.55. The lowest BCUT2D eigenvalue weighted by Crippen LogP contribution is -2.62. The van der Waals surface area contributed by atoms with Crippen molar-refractivity contribution in [2.75, 3.05) is 6.61 Å². The molecule has 2 aliphatic heterocycles. The number of hydrogen-bond acceptors (Lipinski definition) is 11. The second-order valence-corrected chi connectivity index (χ2v) is 10.8. The van der Waals surface area contributed by atoms with Gasteiger partial charge in [-0.15, -0.1) is 0 Å². The van der Waals surface area contributed by atoms with Gasteiger partial charge in [0.2, 0.25) is 0 Å². The molecule has 0 N–H and O–H groups in total. The molecule has 0 bridgehead atoms. The predicted molar refractivity (Wildman–Crippen MR) is 138 cm³/mol. The Morgan fingerprint density at radius 2 is 1.18 bits per heavy atom. The van der Waals surface area contributed by atoms with E-state index in [0.29, 0.717) is 0 Å². The average Bonchev–Trinajstić information content (AvgIpc) is 3.02. The molecule has 0 unspecified atom stereocenters. The SMILES string of the molecule is CC(=O)OC[C@H]1O[C@H](Cc2ccc(B3OC(C)(C)C(C)(C)O3)cc2)[C@@H](OC(C)=O)[C@@H](OC(C)=O)[C@@H]1OC(C)=O. The van der Waals surface area contributed by atoms with Crippen LogP contribution in [0.4, 0.5) is 0 Å². The van der Waals surface area contributed by atoms with Gasteiger partial charge in [-0.25, -0.2) is 0 Å². The Labute approximate surface area is 228 Å². The minimum atomic E-state index is -1.20. The smallest absolute Gasteiger partial charge is 0.463 e. The van der Waals surface area contributed by atoms with Crippen molar-refractivity contribution in [2.45, 2.75) is 104 Å². The van der Waals surface area contributed by atoms with E-state index in [4.69, 9.17) is 33.0 Å². The lowest BCUT2D eigenvalue weighted by molar-refractivity contribution is -0.252. The Hall–Kier alpha value is -2.96. The fourth-order valence-electron chi connectivity index (χ4n) is 4.50. The van der Waals surface area contributed by atoms with Gasteiger partial charge in [0, 0.05) is 34.1 Å². The van der Waals surface area contributed by atoms with E-state index in [1.165, 1.54) is 27.7 Å². The molecular weight excluding hydrogens is 511 g/mol. The van der Waals surface area contributed by atoms with E-state index in [-0.39, 0.29) is 13.0 Å². The molecular formula is C27H37BO11. The summed E-state index contributed by atoms with van der Waals surface area (Å²) in [6, 6.07) is 7.49. The van der Waals surface area contributed by atoms with Crippen LogP contribution in [0.5, 0.6) is 0 Å². The molecule has 1 aromatic carbocycles. The van der Waals surface area contributed by atoms with Crippen molar-refractivity contribution in [2.24, 2.45) is 0 Å². The van der Waals surface area contributed by atoms with Crippen LogP contribution in [-0.4, -0.2) is 79.3 Å². The first-order chi connectivity index (χ1) is 18.1. The van der Waals surface area contributed by atoms with Gasteiger partial charge in [-0.2, -0.15) is 0 Å². The zero-order valence-electron chi connectivity index (χ0n) is 23.7. The number of esters is 4. The molecule has 0 spiro atoms. The number of carbonyl (C=O) groups excluding carboxylic acids is 4. The third kappa shape index (κ3) is 7.58. The van der Waals surface area contributed by atoms with E-state index >= 15 is 0 Å². The van der Waals surface area contributed by atoms with Crippen molar-refractivity contribution in [1.29, 1.82) is 0 Å². The normalized spacial score (nSPS) is 27.4. The summed E-state index contributed by atoms with van der Waals surface area (Å²) in [5, 5.41) is 0. The average molecular weight is 548 g/mol. The number of benzene rings is 1. The van der Waals surface area contributed by atoms with Gasteiger partial charge in [-0.05, 0) is 38.7 Å². The quantitative estimate of drug-likeness (QED) is 0.267. The fraction of sp³-hybridized carbons (Fsp3) is 0.630. The second-order valence-electron chi connectivity index (χ2n) is 10.8. The largest absolute Gasteiger partial charge is 0.494 e. The van der Waals surface area contributed by atoms with Crippen molar-refractivity contribution in [3.8, 4) is 0 Å². The molecule has 5 atom stereocenters. The minimum absolute atomic E-state index is 0.239. The zero-order chi connectivity index (χ0) is 29.1. The summed E-state index contributed by atoms with van der Waals surface area (Å²) in [6.07, 6.45) is -5.05. The Bertz CT molecular complexity index is 1050. The Balaban J connectivity index is 1.89. The van der Waals surface area contributed by atoms with E-state index < -0.39 is 72.7 Å². The van der Waals surface area contributed by atoms with E-state index in [1.54, 1.807) is 0 Å². The summed E-state index contributed by atoms with van der Waals surface area (Å²) in [6.45, 7) is 12.5. The summed E-state index contributed by atoms with van der Waals surface area (Å²) in [7, 11) is -0.533. The highest BCUT2D eigenvalue weighted by Crippen LogP contribution is 2.36. The summed E-state index contributed by atoms with van der Waals surface area (Å²) in [5.41, 5.74) is 0.685. The van der Waals surface area contributed by atoms with E-state index in [1.807, 2.05) is 52.0 Å². The van der Waals surface area contributed by atoms with Crippen LogP contribution in [0, 0.1) is 0 Å². The standard InChI is InChI=1S/C27H37BO11/c1-15(29)33-14-22-24(35-17(3)31)25(36-18(4)32)23(34-16(2)30)21(37-22)13-19-9-11-20(12-10-19)28-38-26(5,6)27(7,8)39-28/h9-12,21-25H,13-14H2,1-8H3/t21-,22-,23-,24-,25-/m1/s1. The van der Waals surface area contributed by atoms with Crippen molar-refractivity contribution < 1.29 is 52.2 Å². The fourth-order valence-corrected chi connectivity index (χ4v) is 4.50. The number of rotatable bonds is 8. The highest BCUT2D eigenvalue weighted by Gasteiger charge is 2.53. The maximum atomic E-state index is 12.0. The van der Waals surface area contributed by atoms with Gasteiger partial charge in [-0.1, -0.05) is 24.3 Å².